The minimum absolute atomic E-state index is 0.210. The van der Waals surface area contributed by atoms with Gasteiger partial charge in [0, 0.05) is 29.9 Å². The summed E-state index contributed by atoms with van der Waals surface area (Å²) in [5, 5.41) is 0.532. The van der Waals surface area contributed by atoms with Crippen molar-refractivity contribution in [3.05, 3.63) is 70.1 Å². The number of carbonyl (C=O) groups excluding carboxylic acids is 1. The largest absolute Gasteiger partial charge is 0.415 e. The number of ether oxygens (including phenoxy) is 1. The molecule has 194 valence electrons. The standard InChI is InChI=1S/C31H42ClN2O2/c1-31(2)21-33(16-17-34(31,3)22-36-30(35)18-23-10-6-4-7-11-23)29-20-27(24-12-8-5-9-13-24)26-15-14-25(32)19-28(26)29/h5,8-9,12-15,19,23,27,29H,4,6-7,10-11,16-18,20-22H2,1-3H3/q+1/t27-,29+,34-/m0/s1/i3D3,5D,8D,9D,12D,13D. The summed E-state index contributed by atoms with van der Waals surface area (Å²) < 4.78 is 72.9. The van der Waals surface area contributed by atoms with Crippen molar-refractivity contribution in [2.75, 3.05) is 33.3 Å². The van der Waals surface area contributed by atoms with Crippen molar-refractivity contribution in [2.45, 2.75) is 76.3 Å². The van der Waals surface area contributed by atoms with E-state index in [0.29, 0.717) is 36.9 Å². The molecule has 1 aliphatic heterocycles. The first-order valence-electron chi connectivity index (χ1n) is 17.2. The lowest BCUT2D eigenvalue weighted by atomic mass is 9.87. The molecule has 0 spiro atoms. The molecule has 5 rings (SSSR count). The van der Waals surface area contributed by atoms with E-state index in [-0.39, 0.29) is 59.5 Å². The van der Waals surface area contributed by atoms with E-state index in [2.05, 4.69) is 4.90 Å². The molecule has 3 aliphatic rings. The van der Waals surface area contributed by atoms with E-state index in [0.717, 1.165) is 36.8 Å². The molecule has 0 N–H and O–H groups in total. The van der Waals surface area contributed by atoms with E-state index in [1.807, 2.05) is 26.0 Å². The molecule has 36 heavy (non-hydrogen) atoms. The first-order chi connectivity index (χ1) is 20.6. The Morgan fingerprint density at radius 1 is 1.19 bits per heavy atom. The fourth-order valence-electron chi connectivity index (χ4n) is 6.37. The Labute approximate surface area is 233 Å². The zero-order valence-electron chi connectivity index (χ0n) is 29.3. The van der Waals surface area contributed by atoms with Crippen LogP contribution in [0.1, 0.15) is 98.4 Å². The summed E-state index contributed by atoms with van der Waals surface area (Å²) in [6, 6.07) is 3.70. The van der Waals surface area contributed by atoms with Crippen LogP contribution in [0.15, 0.2) is 48.4 Å². The fraction of sp³-hybridized carbons (Fsp3) is 0.581. The Balaban J connectivity index is 1.42. The van der Waals surface area contributed by atoms with Crippen molar-refractivity contribution in [3.63, 3.8) is 0 Å². The van der Waals surface area contributed by atoms with Gasteiger partial charge in [-0.2, -0.15) is 0 Å². The van der Waals surface area contributed by atoms with Crippen LogP contribution in [0.5, 0.6) is 0 Å². The van der Waals surface area contributed by atoms with Gasteiger partial charge in [-0.1, -0.05) is 67.1 Å². The van der Waals surface area contributed by atoms with Crippen LogP contribution in [-0.4, -0.2) is 54.2 Å². The highest BCUT2D eigenvalue weighted by Crippen LogP contribution is 2.48. The lowest BCUT2D eigenvalue weighted by Gasteiger charge is -2.53. The van der Waals surface area contributed by atoms with Gasteiger partial charge in [-0.05, 0) is 67.9 Å². The lowest BCUT2D eigenvalue weighted by Crippen LogP contribution is -2.70. The first kappa shape index (κ1) is 17.6. The van der Waals surface area contributed by atoms with Crippen LogP contribution >= 0.6 is 11.6 Å². The number of hydrogen-bond donors (Lipinski definition) is 0. The van der Waals surface area contributed by atoms with E-state index in [4.69, 9.17) is 27.3 Å². The van der Waals surface area contributed by atoms with Crippen molar-refractivity contribution in [2.24, 2.45) is 5.92 Å². The Hall–Kier alpha value is -1.88. The van der Waals surface area contributed by atoms with E-state index in [9.17, 15) is 4.79 Å². The number of rotatable bonds is 6. The van der Waals surface area contributed by atoms with Crippen LogP contribution in [0.25, 0.3) is 0 Å². The highest BCUT2D eigenvalue weighted by atomic mass is 35.5. The van der Waals surface area contributed by atoms with Crippen LogP contribution in [0, 0.1) is 5.92 Å². The molecule has 5 heteroatoms. The minimum atomic E-state index is -2.42. The van der Waals surface area contributed by atoms with E-state index in [1.165, 1.54) is 6.42 Å². The monoisotopic (exact) mass is 517 g/mol. The van der Waals surface area contributed by atoms with Crippen LogP contribution in [0.2, 0.25) is 5.02 Å². The molecule has 4 nitrogen and oxygen atoms in total. The highest BCUT2D eigenvalue weighted by molar-refractivity contribution is 6.30. The molecule has 1 saturated heterocycles. The third kappa shape index (κ3) is 5.23. The average molecular weight is 518 g/mol. The molecule has 2 aliphatic carbocycles. The second-order valence-electron chi connectivity index (χ2n) is 11.4. The number of esters is 1. The molecule has 0 aromatic heterocycles. The molecule has 2 fully saturated rings. The van der Waals surface area contributed by atoms with Crippen molar-refractivity contribution >= 4 is 17.6 Å². The van der Waals surface area contributed by atoms with Crippen LogP contribution < -0.4 is 0 Å². The quantitative estimate of drug-likeness (QED) is 0.307. The summed E-state index contributed by atoms with van der Waals surface area (Å²) in [7, 11) is 0. The fourth-order valence-corrected chi connectivity index (χ4v) is 6.55. The van der Waals surface area contributed by atoms with Gasteiger partial charge >= 0.3 is 5.97 Å². The second kappa shape index (κ2) is 10.5. The Bertz CT molecular complexity index is 1400. The molecule has 0 amide bonds. The third-order valence-electron chi connectivity index (χ3n) is 8.69. The van der Waals surface area contributed by atoms with Gasteiger partial charge < -0.3 is 4.74 Å². The normalized spacial score (nSPS) is 32.1. The SMILES string of the molecule is [2H]c1c([2H])c([2H])c([C@@H]2C[C@@H](N3CC[N@+](COC(=O)CC4CCCCC4)(C([2H])([2H])[2H])C(C)(C)C3)c3cc(Cl)ccc32)c([2H])c1[2H]. The van der Waals surface area contributed by atoms with E-state index < -0.39 is 24.5 Å². The van der Waals surface area contributed by atoms with Gasteiger partial charge in [0.25, 0.3) is 0 Å². The van der Waals surface area contributed by atoms with Crippen LogP contribution in [-0.2, 0) is 9.53 Å². The number of benzene rings is 2. The maximum atomic E-state index is 12.9. The number of carbonyl (C=O) groups is 1. The smallest absolute Gasteiger partial charge is 0.310 e. The van der Waals surface area contributed by atoms with Gasteiger partial charge in [-0.25, -0.2) is 0 Å². The summed E-state index contributed by atoms with van der Waals surface area (Å²) in [5.74, 6) is -0.487. The van der Waals surface area contributed by atoms with Crippen LogP contribution in [0.3, 0.4) is 0 Å². The highest BCUT2D eigenvalue weighted by Gasteiger charge is 2.49. The summed E-state index contributed by atoms with van der Waals surface area (Å²) in [4.78, 5) is 15.1. The molecule has 2 aromatic carbocycles. The number of fused-ring (bicyclic) bond motifs is 1. The predicted molar refractivity (Wildman–Crippen MR) is 146 cm³/mol. The molecule has 1 saturated carbocycles. The first-order valence-corrected chi connectivity index (χ1v) is 13.6. The third-order valence-corrected chi connectivity index (χ3v) is 8.93. The van der Waals surface area contributed by atoms with Crippen molar-refractivity contribution in [3.8, 4) is 0 Å². The zero-order chi connectivity index (χ0) is 32.2. The Morgan fingerprint density at radius 2 is 1.97 bits per heavy atom. The lowest BCUT2D eigenvalue weighted by molar-refractivity contribution is -0.974. The second-order valence-corrected chi connectivity index (χ2v) is 11.9. The molecule has 3 atom stereocenters. The molecule has 0 unspecified atom stereocenters. The molecular formula is C31H42ClN2O2+. The minimum Gasteiger partial charge on any atom is -0.415 e. The number of hydrogen-bond acceptors (Lipinski definition) is 3. The Kier molecular flexibility index (Phi) is 5.12. The van der Waals surface area contributed by atoms with Crippen molar-refractivity contribution < 1.29 is 25.0 Å². The number of nitrogens with zero attached hydrogens (tertiary/aromatic N) is 2. The van der Waals surface area contributed by atoms with Crippen LogP contribution in [0.4, 0.5) is 0 Å². The van der Waals surface area contributed by atoms with Gasteiger partial charge in [-0.15, -0.1) is 0 Å². The zero-order valence-corrected chi connectivity index (χ0v) is 22.1. The molecule has 2 aromatic rings. The predicted octanol–water partition coefficient (Wildman–Crippen LogP) is 6.93. The molecular weight excluding hydrogens is 468 g/mol. The average Bonchev–Trinajstić information content (AvgIpc) is 3.32. The molecule has 0 radical (unpaired) electrons. The van der Waals surface area contributed by atoms with Gasteiger partial charge in [-0.3, -0.25) is 14.2 Å². The van der Waals surface area contributed by atoms with Gasteiger partial charge in [0.15, 0.2) is 0 Å². The topological polar surface area (TPSA) is 29.5 Å². The van der Waals surface area contributed by atoms with Gasteiger partial charge in [0.1, 0.15) is 5.54 Å². The summed E-state index contributed by atoms with van der Waals surface area (Å²) in [5.41, 5.74) is 1.20. The summed E-state index contributed by atoms with van der Waals surface area (Å²) >= 11 is 6.45. The Morgan fingerprint density at radius 3 is 2.69 bits per heavy atom. The maximum absolute atomic E-state index is 12.9. The van der Waals surface area contributed by atoms with Crippen molar-refractivity contribution in [1.82, 2.24) is 4.90 Å². The molecule has 0 bridgehead atoms. The summed E-state index contributed by atoms with van der Waals surface area (Å²) in [6.07, 6.45) is 6.22. The van der Waals surface area contributed by atoms with E-state index in [1.54, 1.807) is 6.07 Å². The summed E-state index contributed by atoms with van der Waals surface area (Å²) in [6.45, 7) is 2.18. The van der Waals surface area contributed by atoms with Gasteiger partial charge in [0.2, 0.25) is 6.73 Å². The van der Waals surface area contributed by atoms with Crippen molar-refractivity contribution in [1.29, 1.82) is 0 Å². The van der Waals surface area contributed by atoms with E-state index >= 15 is 0 Å². The molecule has 1 heterocycles. The number of piperazine rings is 1. The number of likely N-dealkylation sites (N-methyl/N-ethyl adjacent to an activating group) is 1. The maximum Gasteiger partial charge on any atom is 0.310 e. The number of quaternary nitrogens is 1. The van der Waals surface area contributed by atoms with Gasteiger partial charge in [0.05, 0.1) is 31.0 Å². The number of halogens is 1.